The fourth-order valence-electron chi connectivity index (χ4n) is 2.18. The molecule has 1 amide bonds. The Hall–Kier alpha value is -2.73. The Bertz CT molecular complexity index is 887. The van der Waals surface area contributed by atoms with E-state index < -0.39 is 0 Å². The van der Waals surface area contributed by atoms with Crippen molar-refractivity contribution in [3.8, 4) is 0 Å². The minimum absolute atomic E-state index is 0.311. The third-order valence-electron chi connectivity index (χ3n) is 3.57. The van der Waals surface area contributed by atoms with Crippen LogP contribution in [0.2, 0.25) is 0 Å². The second kappa shape index (κ2) is 7.90. The Kier molecular flexibility index (Phi) is 5.40. The lowest BCUT2D eigenvalue weighted by molar-refractivity contribution is 0.102. The molecule has 0 aliphatic carbocycles. The third kappa shape index (κ3) is 4.42. The summed E-state index contributed by atoms with van der Waals surface area (Å²) in [5.41, 5.74) is 2.51. The molecule has 0 saturated carbocycles. The number of pyridine rings is 2. The lowest BCUT2D eigenvalue weighted by atomic mass is 10.2. The van der Waals surface area contributed by atoms with E-state index in [1.54, 1.807) is 49.8 Å². The number of hydrogen-bond donors (Lipinski definition) is 1. The Labute approximate surface area is 149 Å². The van der Waals surface area contributed by atoms with Gasteiger partial charge in [0.15, 0.2) is 0 Å². The third-order valence-corrected chi connectivity index (χ3v) is 4.65. The minimum atomic E-state index is -0.351. The van der Waals surface area contributed by atoms with Gasteiger partial charge in [0.1, 0.15) is 10.8 Å². The van der Waals surface area contributed by atoms with E-state index >= 15 is 0 Å². The van der Waals surface area contributed by atoms with Gasteiger partial charge in [0.05, 0.1) is 5.56 Å². The maximum Gasteiger partial charge on any atom is 0.258 e. The normalized spacial score (nSPS) is 10.5. The number of anilines is 1. The smallest absolute Gasteiger partial charge is 0.258 e. The Morgan fingerprint density at radius 1 is 1.16 bits per heavy atom. The van der Waals surface area contributed by atoms with Crippen molar-refractivity contribution in [2.24, 2.45) is 0 Å². The molecule has 0 atom stereocenters. The largest absolute Gasteiger partial charge is 0.322 e. The van der Waals surface area contributed by atoms with Crippen LogP contribution in [0.1, 0.15) is 21.5 Å². The van der Waals surface area contributed by atoms with Gasteiger partial charge in [-0.05, 0) is 54.4 Å². The fourth-order valence-corrected chi connectivity index (χ4v) is 3.13. The minimum Gasteiger partial charge on any atom is -0.322 e. The van der Waals surface area contributed by atoms with Crippen LogP contribution in [0, 0.1) is 12.7 Å². The number of nitrogens with one attached hydrogen (secondary N) is 1. The van der Waals surface area contributed by atoms with Gasteiger partial charge >= 0.3 is 0 Å². The number of benzene rings is 1. The summed E-state index contributed by atoms with van der Waals surface area (Å²) in [5.74, 6) is 0.0174. The van der Waals surface area contributed by atoms with E-state index in [0.29, 0.717) is 27.6 Å². The lowest BCUT2D eigenvalue weighted by Gasteiger charge is -2.10. The highest BCUT2D eigenvalue weighted by atomic mass is 32.2. The summed E-state index contributed by atoms with van der Waals surface area (Å²) in [6.07, 6.45) is 5.11. The molecular formula is C19H16FN3OS. The van der Waals surface area contributed by atoms with Gasteiger partial charge in [0.2, 0.25) is 0 Å². The van der Waals surface area contributed by atoms with Gasteiger partial charge < -0.3 is 5.32 Å². The average molecular weight is 353 g/mol. The predicted molar refractivity (Wildman–Crippen MR) is 97.1 cm³/mol. The monoisotopic (exact) mass is 353 g/mol. The summed E-state index contributed by atoms with van der Waals surface area (Å²) in [6.45, 7) is 1.68. The van der Waals surface area contributed by atoms with E-state index in [1.807, 2.05) is 12.1 Å². The first-order valence-corrected chi connectivity index (χ1v) is 8.66. The zero-order valence-electron chi connectivity index (χ0n) is 13.6. The SMILES string of the molecule is Cc1ccc(NC(=O)c2cccnc2SCc2ccncc2)cc1F. The van der Waals surface area contributed by atoms with E-state index in [9.17, 15) is 9.18 Å². The van der Waals surface area contributed by atoms with Crippen molar-refractivity contribution in [2.75, 3.05) is 5.32 Å². The highest BCUT2D eigenvalue weighted by molar-refractivity contribution is 7.98. The van der Waals surface area contributed by atoms with Crippen LogP contribution in [-0.2, 0) is 5.75 Å². The molecule has 0 spiro atoms. The quantitative estimate of drug-likeness (QED) is 0.688. The van der Waals surface area contributed by atoms with Crippen molar-refractivity contribution < 1.29 is 9.18 Å². The second-order valence-electron chi connectivity index (χ2n) is 5.42. The Morgan fingerprint density at radius 2 is 1.96 bits per heavy atom. The zero-order valence-corrected chi connectivity index (χ0v) is 14.4. The molecule has 2 aromatic heterocycles. The van der Waals surface area contributed by atoms with Gasteiger partial charge in [-0.1, -0.05) is 6.07 Å². The molecule has 4 nitrogen and oxygen atoms in total. The molecule has 1 aromatic carbocycles. The molecule has 0 aliphatic rings. The fraction of sp³-hybridized carbons (Fsp3) is 0.105. The summed E-state index contributed by atoms with van der Waals surface area (Å²) < 4.78 is 13.6. The summed E-state index contributed by atoms with van der Waals surface area (Å²) in [7, 11) is 0. The van der Waals surface area contributed by atoms with Crippen molar-refractivity contribution in [3.63, 3.8) is 0 Å². The molecule has 0 unspecified atom stereocenters. The van der Waals surface area contributed by atoms with Crippen molar-refractivity contribution >= 4 is 23.4 Å². The molecule has 3 aromatic rings. The molecule has 2 heterocycles. The number of halogens is 1. The molecular weight excluding hydrogens is 337 g/mol. The van der Waals surface area contributed by atoms with Crippen molar-refractivity contribution in [2.45, 2.75) is 17.7 Å². The van der Waals surface area contributed by atoms with Crippen LogP contribution >= 0.6 is 11.8 Å². The maximum absolute atomic E-state index is 13.6. The molecule has 25 heavy (non-hydrogen) atoms. The summed E-state index contributed by atoms with van der Waals surface area (Å²) in [4.78, 5) is 20.8. The molecule has 6 heteroatoms. The first kappa shape index (κ1) is 17.1. The first-order valence-electron chi connectivity index (χ1n) is 7.68. The maximum atomic E-state index is 13.6. The van der Waals surface area contributed by atoms with Gasteiger partial charge in [-0.25, -0.2) is 9.37 Å². The van der Waals surface area contributed by atoms with Crippen molar-refractivity contribution in [3.05, 3.63) is 83.6 Å². The van der Waals surface area contributed by atoms with Gasteiger partial charge in [-0.15, -0.1) is 11.8 Å². The Balaban J connectivity index is 1.75. The van der Waals surface area contributed by atoms with E-state index in [1.165, 1.54) is 17.8 Å². The molecule has 0 aliphatic heterocycles. The van der Waals surface area contributed by atoms with Crippen LogP contribution in [-0.4, -0.2) is 15.9 Å². The van der Waals surface area contributed by atoms with Crippen molar-refractivity contribution in [1.82, 2.24) is 9.97 Å². The second-order valence-corrected chi connectivity index (χ2v) is 6.38. The highest BCUT2D eigenvalue weighted by Gasteiger charge is 2.13. The van der Waals surface area contributed by atoms with Gasteiger partial charge in [-0.2, -0.15) is 0 Å². The lowest BCUT2D eigenvalue weighted by Crippen LogP contribution is -2.13. The Morgan fingerprint density at radius 3 is 2.72 bits per heavy atom. The zero-order chi connectivity index (χ0) is 17.6. The molecule has 1 N–H and O–H groups in total. The van der Waals surface area contributed by atoms with E-state index in [4.69, 9.17) is 0 Å². The van der Waals surface area contributed by atoms with Gasteiger partial charge in [0, 0.05) is 30.0 Å². The number of rotatable bonds is 5. The molecule has 0 radical (unpaired) electrons. The molecule has 0 saturated heterocycles. The van der Waals surface area contributed by atoms with Crippen LogP contribution in [0.25, 0.3) is 0 Å². The average Bonchev–Trinajstić information content (AvgIpc) is 2.64. The molecule has 0 bridgehead atoms. The highest BCUT2D eigenvalue weighted by Crippen LogP contribution is 2.25. The summed E-state index contributed by atoms with van der Waals surface area (Å²) in [5, 5.41) is 3.35. The summed E-state index contributed by atoms with van der Waals surface area (Å²) in [6, 6.07) is 11.9. The van der Waals surface area contributed by atoms with E-state index in [-0.39, 0.29) is 11.7 Å². The van der Waals surface area contributed by atoms with E-state index in [2.05, 4.69) is 15.3 Å². The van der Waals surface area contributed by atoms with Crippen LogP contribution < -0.4 is 5.32 Å². The topological polar surface area (TPSA) is 54.9 Å². The van der Waals surface area contributed by atoms with Crippen LogP contribution in [0.5, 0.6) is 0 Å². The standard InChI is InChI=1S/C19H16FN3OS/c1-13-4-5-15(11-17(13)20)23-18(24)16-3-2-8-22-19(16)25-12-14-6-9-21-10-7-14/h2-11H,12H2,1H3,(H,23,24). The number of thioether (sulfide) groups is 1. The number of nitrogens with zero attached hydrogens (tertiary/aromatic N) is 2. The van der Waals surface area contributed by atoms with E-state index in [0.717, 1.165) is 5.56 Å². The van der Waals surface area contributed by atoms with Crippen LogP contribution in [0.4, 0.5) is 10.1 Å². The predicted octanol–water partition coefficient (Wildman–Crippen LogP) is 4.47. The van der Waals surface area contributed by atoms with Crippen LogP contribution in [0.3, 0.4) is 0 Å². The molecule has 126 valence electrons. The first-order chi connectivity index (χ1) is 12.1. The van der Waals surface area contributed by atoms with Crippen LogP contribution in [0.15, 0.2) is 66.1 Å². The number of hydrogen-bond acceptors (Lipinski definition) is 4. The molecule has 3 rings (SSSR count). The van der Waals surface area contributed by atoms with Crippen molar-refractivity contribution in [1.29, 1.82) is 0 Å². The number of amides is 1. The number of carbonyl (C=O) groups is 1. The number of aryl methyl sites for hydroxylation is 1. The van der Waals surface area contributed by atoms with Gasteiger partial charge in [0.25, 0.3) is 5.91 Å². The summed E-state index contributed by atoms with van der Waals surface area (Å²) >= 11 is 1.47. The molecule has 0 fully saturated rings. The number of aromatic nitrogens is 2. The number of carbonyl (C=O) groups excluding carboxylic acids is 1. The van der Waals surface area contributed by atoms with Gasteiger partial charge in [-0.3, -0.25) is 9.78 Å².